The second-order valence-electron chi connectivity index (χ2n) is 7.27. The van der Waals surface area contributed by atoms with Gasteiger partial charge in [-0.25, -0.2) is 0 Å². The van der Waals surface area contributed by atoms with E-state index in [0.717, 1.165) is 35.1 Å². The maximum absolute atomic E-state index is 12.8. The number of thioether (sulfide) groups is 1. The molecule has 0 unspecified atom stereocenters. The number of thiocarbonyl (C=S) groups is 1. The molecule has 2 aromatic carbocycles. The number of para-hydroxylation sites is 1. The van der Waals surface area contributed by atoms with Crippen molar-refractivity contribution in [3.05, 3.63) is 69.0 Å². The van der Waals surface area contributed by atoms with E-state index in [1.54, 1.807) is 4.90 Å². The van der Waals surface area contributed by atoms with E-state index in [-0.39, 0.29) is 11.8 Å². The number of aryl methyl sites for hydroxylation is 1. The number of hydrogen-bond donors (Lipinski definition) is 0. The monoisotopic (exact) mass is 500 g/mol. The van der Waals surface area contributed by atoms with Crippen molar-refractivity contribution < 1.29 is 9.59 Å². The fourth-order valence-electron chi connectivity index (χ4n) is 3.76. The van der Waals surface area contributed by atoms with Crippen molar-refractivity contribution in [2.45, 2.75) is 25.7 Å². The molecule has 30 heavy (non-hydrogen) atoms. The number of hydrogen-bond acceptors (Lipinski definition) is 4. The standard InChI is InChI=1S/C23H21BrN2O2S2/c24-18-9-3-6-16(14-18)15-20-22(28)26(23(29)30-20)13-5-11-21(27)25-12-4-8-17-7-1-2-10-19(17)25/h1-3,6-7,9-10,14-15H,4-5,8,11-13H2. The van der Waals surface area contributed by atoms with Gasteiger partial charge in [-0.15, -0.1) is 0 Å². The second kappa shape index (κ2) is 9.45. The fraction of sp³-hybridized carbons (Fsp3) is 0.261. The summed E-state index contributed by atoms with van der Waals surface area (Å²) in [4.78, 5) is 29.7. The van der Waals surface area contributed by atoms with Crippen molar-refractivity contribution >= 4 is 67.8 Å². The molecule has 0 radical (unpaired) electrons. The maximum atomic E-state index is 12.8. The van der Waals surface area contributed by atoms with Gasteiger partial charge < -0.3 is 4.90 Å². The van der Waals surface area contributed by atoms with Gasteiger partial charge in [0.1, 0.15) is 4.32 Å². The van der Waals surface area contributed by atoms with Crippen molar-refractivity contribution in [1.29, 1.82) is 0 Å². The molecule has 0 aromatic heterocycles. The Morgan fingerprint density at radius 2 is 2.03 bits per heavy atom. The molecule has 2 heterocycles. The van der Waals surface area contributed by atoms with Gasteiger partial charge in [0.05, 0.1) is 4.91 Å². The minimum Gasteiger partial charge on any atom is -0.312 e. The largest absolute Gasteiger partial charge is 0.312 e. The number of carbonyl (C=O) groups is 2. The molecular formula is C23H21BrN2O2S2. The molecule has 0 aliphatic carbocycles. The van der Waals surface area contributed by atoms with E-state index in [9.17, 15) is 9.59 Å². The zero-order chi connectivity index (χ0) is 21.1. The summed E-state index contributed by atoms with van der Waals surface area (Å²) in [5.41, 5.74) is 3.20. The molecule has 4 nitrogen and oxygen atoms in total. The Balaban J connectivity index is 1.36. The number of amides is 2. The number of anilines is 1. The average Bonchev–Trinajstić information content (AvgIpc) is 3.00. The highest BCUT2D eigenvalue weighted by Crippen LogP contribution is 2.33. The molecule has 0 spiro atoms. The Bertz CT molecular complexity index is 1040. The molecule has 0 N–H and O–H groups in total. The van der Waals surface area contributed by atoms with Crippen molar-refractivity contribution in [3.63, 3.8) is 0 Å². The van der Waals surface area contributed by atoms with Gasteiger partial charge >= 0.3 is 0 Å². The molecule has 2 aliphatic heterocycles. The highest BCUT2D eigenvalue weighted by atomic mass is 79.9. The third kappa shape index (κ3) is 4.68. The van der Waals surface area contributed by atoms with Crippen LogP contribution in [0.2, 0.25) is 0 Å². The molecular weight excluding hydrogens is 480 g/mol. The molecule has 2 aromatic rings. The van der Waals surface area contributed by atoms with Crippen LogP contribution in [-0.4, -0.2) is 34.1 Å². The van der Waals surface area contributed by atoms with Crippen LogP contribution in [0.5, 0.6) is 0 Å². The summed E-state index contributed by atoms with van der Waals surface area (Å²) in [5.74, 6) is 0.0259. The van der Waals surface area contributed by atoms with Crippen molar-refractivity contribution in [3.8, 4) is 0 Å². The number of rotatable bonds is 5. The third-order valence-corrected chi connectivity index (χ3v) is 7.07. The van der Waals surface area contributed by atoms with Crippen LogP contribution in [0.15, 0.2) is 57.9 Å². The lowest BCUT2D eigenvalue weighted by Crippen LogP contribution is -2.36. The summed E-state index contributed by atoms with van der Waals surface area (Å²) in [6, 6.07) is 15.9. The topological polar surface area (TPSA) is 40.6 Å². The van der Waals surface area contributed by atoms with Crippen LogP contribution >= 0.6 is 39.9 Å². The Hall–Kier alpha value is -1.96. The summed E-state index contributed by atoms with van der Waals surface area (Å²) >= 11 is 10.2. The van der Waals surface area contributed by atoms with Crippen LogP contribution in [0.1, 0.15) is 30.4 Å². The SMILES string of the molecule is O=C1C(=Cc2cccc(Br)c2)SC(=S)N1CCCC(=O)N1CCCc2ccccc21. The lowest BCUT2D eigenvalue weighted by molar-refractivity contribution is -0.123. The van der Waals surface area contributed by atoms with Gasteiger partial charge in [-0.05, 0) is 54.7 Å². The first-order valence-electron chi connectivity index (χ1n) is 9.92. The van der Waals surface area contributed by atoms with Crippen molar-refractivity contribution in [1.82, 2.24) is 4.90 Å². The number of halogens is 1. The molecule has 154 valence electrons. The van der Waals surface area contributed by atoms with E-state index >= 15 is 0 Å². The van der Waals surface area contributed by atoms with Crippen LogP contribution in [0, 0.1) is 0 Å². The second-order valence-corrected chi connectivity index (χ2v) is 9.86. The van der Waals surface area contributed by atoms with Gasteiger partial charge in [-0.1, -0.05) is 70.2 Å². The highest BCUT2D eigenvalue weighted by Gasteiger charge is 2.32. The molecule has 7 heteroatoms. The van der Waals surface area contributed by atoms with Crippen molar-refractivity contribution in [2.24, 2.45) is 0 Å². The molecule has 1 fully saturated rings. The normalized spacial score (nSPS) is 17.6. The van der Waals surface area contributed by atoms with E-state index in [1.165, 1.54) is 17.3 Å². The summed E-state index contributed by atoms with van der Waals surface area (Å²) in [6.45, 7) is 1.22. The molecule has 2 aliphatic rings. The number of nitrogens with zero attached hydrogens (tertiary/aromatic N) is 2. The number of benzene rings is 2. The minimum absolute atomic E-state index is 0.0826. The highest BCUT2D eigenvalue weighted by molar-refractivity contribution is 9.10. The van der Waals surface area contributed by atoms with E-state index in [1.807, 2.05) is 53.4 Å². The number of carbonyl (C=O) groups excluding carboxylic acids is 2. The first-order chi connectivity index (χ1) is 14.5. The van der Waals surface area contributed by atoms with Crippen LogP contribution in [-0.2, 0) is 16.0 Å². The van der Waals surface area contributed by atoms with Gasteiger partial charge in [0.15, 0.2) is 0 Å². The zero-order valence-corrected chi connectivity index (χ0v) is 19.6. The van der Waals surface area contributed by atoms with Gasteiger partial charge in [-0.2, -0.15) is 0 Å². The Labute approximate surface area is 194 Å². The predicted molar refractivity (Wildman–Crippen MR) is 130 cm³/mol. The van der Waals surface area contributed by atoms with Crippen LogP contribution < -0.4 is 4.90 Å². The molecule has 4 rings (SSSR count). The summed E-state index contributed by atoms with van der Waals surface area (Å²) in [7, 11) is 0. The first kappa shape index (κ1) is 21.3. The Morgan fingerprint density at radius 3 is 2.87 bits per heavy atom. The van der Waals surface area contributed by atoms with Crippen LogP contribution in [0.3, 0.4) is 0 Å². The van der Waals surface area contributed by atoms with Crippen LogP contribution in [0.4, 0.5) is 5.69 Å². The predicted octanol–water partition coefficient (Wildman–Crippen LogP) is 5.41. The molecule has 1 saturated heterocycles. The van der Waals surface area contributed by atoms with Crippen molar-refractivity contribution in [2.75, 3.05) is 18.0 Å². The van der Waals surface area contributed by atoms with E-state index in [4.69, 9.17) is 12.2 Å². The molecule has 0 atom stereocenters. The molecule has 2 amide bonds. The van der Waals surface area contributed by atoms with Gasteiger partial charge in [0, 0.05) is 29.7 Å². The molecule has 0 bridgehead atoms. The smallest absolute Gasteiger partial charge is 0.266 e. The van der Waals surface area contributed by atoms with Gasteiger partial charge in [0.25, 0.3) is 5.91 Å². The quantitative estimate of drug-likeness (QED) is 0.406. The maximum Gasteiger partial charge on any atom is 0.266 e. The third-order valence-electron chi connectivity index (χ3n) is 5.20. The minimum atomic E-state index is -0.0826. The Morgan fingerprint density at radius 1 is 1.20 bits per heavy atom. The summed E-state index contributed by atoms with van der Waals surface area (Å²) in [5, 5.41) is 0. The van der Waals surface area contributed by atoms with E-state index in [0.29, 0.717) is 28.6 Å². The Kier molecular flexibility index (Phi) is 6.71. The van der Waals surface area contributed by atoms with Gasteiger partial charge in [-0.3, -0.25) is 14.5 Å². The first-order valence-corrected chi connectivity index (χ1v) is 11.9. The van der Waals surface area contributed by atoms with Gasteiger partial charge in [0.2, 0.25) is 5.91 Å². The van der Waals surface area contributed by atoms with E-state index < -0.39 is 0 Å². The number of fused-ring (bicyclic) bond motifs is 1. The molecule has 0 saturated carbocycles. The zero-order valence-electron chi connectivity index (χ0n) is 16.3. The van der Waals surface area contributed by atoms with E-state index in [2.05, 4.69) is 22.0 Å². The lowest BCUT2D eigenvalue weighted by atomic mass is 10.0. The summed E-state index contributed by atoms with van der Waals surface area (Å²) < 4.78 is 1.52. The fourth-order valence-corrected chi connectivity index (χ4v) is 5.48. The average molecular weight is 501 g/mol. The summed E-state index contributed by atoms with van der Waals surface area (Å²) in [6.07, 6.45) is 4.85. The lowest BCUT2D eigenvalue weighted by Gasteiger charge is -2.29. The van der Waals surface area contributed by atoms with Crippen LogP contribution in [0.25, 0.3) is 6.08 Å².